The van der Waals surface area contributed by atoms with Gasteiger partial charge in [0.1, 0.15) is 6.35 Å². The van der Waals surface area contributed by atoms with Crippen molar-refractivity contribution in [2.24, 2.45) is 5.92 Å². The fourth-order valence-electron chi connectivity index (χ4n) is 0.475. The second-order valence-corrected chi connectivity index (χ2v) is 4.51. The zero-order valence-corrected chi connectivity index (χ0v) is 8.16. The molecule has 0 spiro atoms. The molecule has 0 bridgehead atoms. The lowest BCUT2D eigenvalue weighted by Gasteiger charge is -2.11. The number of rotatable bonds is 6. The van der Waals surface area contributed by atoms with E-state index in [1.54, 1.807) is 6.92 Å². The van der Waals surface area contributed by atoms with Crippen LogP contribution in [0.1, 0.15) is 6.92 Å². The van der Waals surface area contributed by atoms with Gasteiger partial charge in [0.05, 0.1) is 6.61 Å². The van der Waals surface area contributed by atoms with Gasteiger partial charge in [0.25, 0.3) is 0 Å². The highest BCUT2D eigenvalue weighted by Gasteiger charge is 2.17. The smallest absolute Gasteiger partial charge is 0.353 e. The summed E-state index contributed by atoms with van der Waals surface area (Å²) in [5.74, 6) is -0.0261. The zero-order valence-electron chi connectivity index (χ0n) is 7.27. The number of hydrogen-bond donors (Lipinski definition) is 2. The van der Waals surface area contributed by atoms with Gasteiger partial charge in [-0.3, -0.25) is 4.57 Å². The molecule has 0 aliphatic rings. The first-order chi connectivity index (χ1) is 5.52. The topological polar surface area (TPSA) is 76.0 Å². The summed E-state index contributed by atoms with van der Waals surface area (Å²) in [5, 5.41) is 8.58. The van der Waals surface area contributed by atoms with E-state index in [-0.39, 0.29) is 25.5 Å². The lowest BCUT2D eigenvalue weighted by molar-refractivity contribution is 0.0952. The molecule has 0 aromatic heterocycles. The second kappa shape index (κ2) is 5.67. The van der Waals surface area contributed by atoms with Crippen molar-refractivity contribution in [3.63, 3.8) is 0 Å². The third-order valence-electron chi connectivity index (χ3n) is 1.25. The maximum atomic E-state index is 10.8. The molecular formula is C6H15O5P. The van der Waals surface area contributed by atoms with E-state index in [1.165, 1.54) is 0 Å². The normalized spacial score (nSPS) is 18.7. The van der Waals surface area contributed by atoms with Gasteiger partial charge in [-0.15, -0.1) is 0 Å². The molecule has 0 saturated heterocycles. The van der Waals surface area contributed by atoms with E-state index in [2.05, 4.69) is 4.52 Å². The Balaban J connectivity index is 3.49. The highest BCUT2D eigenvalue weighted by molar-refractivity contribution is 7.52. The minimum Gasteiger partial charge on any atom is -0.396 e. The van der Waals surface area contributed by atoms with Crippen LogP contribution in [0.4, 0.5) is 0 Å². The third-order valence-corrected chi connectivity index (χ3v) is 2.33. The second-order valence-electron chi connectivity index (χ2n) is 2.61. The van der Waals surface area contributed by atoms with Gasteiger partial charge >= 0.3 is 7.60 Å². The van der Waals surface area contributed by atoms with Gasteiger partial charge in [-0.2, -0.15) is 0 Å². The number of ether oxygens (including phenoxy) is 1. The van der Waals surface area contributed by atoms with E-state index in [9.17, 15) is 4.57 Å². The van der Waals surface area contributed by atoms with Crippen molar-refractivity contribution in [1.29, 1.82) is 0 Å². The van der Waals surface area contributed by atoms with Crippen LogP contribution in [0.5, 0.6) is 0 Å². The molecule has 0 amide bonds. The lowest BCUT2D eigenvalue weighted by Crippen LogP contribution is -2.10. The van der Waals surface area contributed by atoms with Gasteiger partial charge in [0.2, 0.25) is 0 Å². The van der Waals surface area contributed by atoms with Crippen molar-refractivity contribution in [2.75, 3.05) is 26.7 Å². The average Bonchev–Trinajstić information content (AvgIpc) is 2.04. The summed E-state index contributed by atoms with van der Waals surface area (Å²) in [6.45, 7) is 2.03. The van der Waals surface area contributed by atoms with E-state index < -0.39 is 7.60 Å². The molecule has 0 rings (SSSR count). The molecule has 12 heavy (non-hydrogen) atoms. The molecule has 0 saturated carbocycles. The van der Waals surface area contributed by atoms with Crippen molar-refractivity contribution in [3.8, 4) is 0 Å². The van der Waals surface area contributed by atoms with Crippen molar-refractivity contribution in [3.05, 3.63) is 0 Å². The van der Waals surface area contributed by atoms with Crippen LogP contribution in [0.25, 0.3) is 0 Å². The highest BCUT2D eigenvalue weighted by Crippen LogP contribution is 2.40. The Hall–Kier alpha value is 0.0700. The molecule has 0 aliphatic carbocycles. The van der Waals surface area contributed by atoms with Gasteiger partial charge in [-0.05, 0) is 0 Å². The predicted octanol–water partition coefficient (Wildman–Crippen LogP) is 0.421. The molecule has 2 unspecified atom stereocenters. The molecule has 0 radical (unpaired) electrons. The Morgan fingerprint density at radius 3 is 2.58 bits per heavy atom. The largest absolute Gasteiger partial charge is 0.396 e. The lowest BCUT2D eigenvalue weighted by atomic mass is 10.2. The van der Waals surface area contributed by atoms with Crippen molar-refractivity contribution in [2.45, 2.75) is 6.92 Å². The summed E-state index contributed by atoms with van der Waals surface area (Å²) in [7, 11) is -2.39. The van der Waals surface area contributed by atoms with Gasteiger partial charge in [-0.1, -0.05) is 6.92 Å². The van der Waals surface area contributed by atoms with Crippen molar-refractivity contribution >= 4 is 7.60 Å². The summed E-state index contributed by atoms with van der Waals surface area (Å²) in [6, 6.07) is 0. The van der Waals surface area contributed by atoms with Crippen LogP contribution in [-0.4, -0.2) is 36.7 Å². The highest BCUT2D eigenvalue weighted by atomic mass is 31.2. The van der Waals surface area contributed by atoms with E-state index >= 15 is 0 Å². The van der Waals surface area contributed by atoms with Crippen LogP contribution < -0.4 is 0 Å². The quantitative estimate of drug-likeness (QED) is 0.605. The molecule has 5 nitrogen and oxygen atoms in total. The number of aliphatic hydroxyl groups is 1. The van der Waals surface area contributed by atoms with E-state index in [0.29, 0.717) is 0 Å². The fraction of sp³-hybridized carbons (Fsp3) is 1.00. The van der Waals surface area contributed by atoms with Crippen LogP contribution in [0.2, 0.25) is 0 Å². The van der Waals surface area contributed by atoms with Crippen LogP contribution in [0.15, 0.2) is 0 Å². The average molecular weight is 198 g/mol. The molecule has 0 aromatic rings. The summed E-state index contributed by atoms with van der Waals surface area (Å²) in [5.41, 5.74) is 0. The van der Waals surface area contributed by atoms with E-state index in [0.717, 1.165) is 7.11 Å². The molecule has 74 valence electrons. The van der Waals surface area contributed by atoms with E-state index in [4.69, 9.17) is 14.7 Å². The molecular weight excluding hydrogens is 183 g/mol. The van der Waals surface area contributed by atoms with Crippen molar-refractivity contribution in [1.82, 2.24) is 0 Å². The Bertz CT molecular complexity index is 160. The Labute approximate surface area is 71.8 Å². The molecule has 0 aliphatic heterocycles. The predicted molar refractivity (Wildman–Crippen MR) is 43.9 cm³/mol. The van der Waals surface area contributed by atoms with Gasteiger partial charge in [-0.25, -0.2) is 0 Å². The summed E-state index contributed by atoms with van der Waals surface area (Å²) < 4.78 is 19.9. The first-order valence-electron chi connectivity index (χ1n) is 3.58. The number of aliphatic hydroxyl groups excluding tert-OH is 1. The SMILES string of the molecule is COP(=O)(O)COCC(C)CO. The fourth-order valence-corrected chi connectivity index (χ4v) is 0.916. The molecule has 2 atom stereocenters. The Kier molecular flexibility index (Phi) is 5.70. The maximum absolute atomic E-state index is 10.8. The van der Waals surface area contributed by atoms with Crippen LogP contribution >= 0.6 is 7.60 Å². The first-order valence-corrected chi connectivity index (χ1v) is 5.34. The monoisotopic (exact) mass is 198 g/mol. The maximum Gasteiger partial charge on any atom is 0.353 e. The van der Waals surface area contributed by atoms with Gasteiger partial charge < -0.3 is 19.3 Å². The van der Waals surface area contributed by atoms with Crippen LogP contribution in [0, 0.1) is 5.92 Å². The van der Waals surface area contributed by atoms with Crippen LogP contribution in [-0.2, 0) is 13.8 Å². The van der Waals surface area contributed by atoms with Crippen molar-refractivity contribution < 1.29 is 23.8 Å². The first kappa shape index (κ1) is 12.1. The molecule has 0 aromatic carbocycles. The zero-order chi connectivity index (χ0) is 9.61. The standard InChI is InChI=1S/C6H15O5P/c1-6(3-7)4-11-5-12(8,9)10-2/h6-7H,3-5H2,1-2H3,(H,8,9). The summed E-state index contributed by atoms with van der Waals surface area (Å²) >= 11 is 0. The Morgan fingerprint density at radius 2 is 2.17 bits per heavy atom. The molecule has 0 fully saturated rings. The third kappa shape index (κ3) is 5.69. The number of hydrogen-bond acceptors (Lipinski definition) is 4. The molecule has 2 N–H and O–H groups in total. The minimum atomic E-state index is -3.54. The molecule has 0 heterocycles. The Morgan fingerprint density at radius 1 is 1.58 bits per heavy atom. The van der Waals surface area contributed by atoms with Crippen LogP contribution in [0.3, 0.4) is 0 Å². The van der Waals surface area contributed by atoms with Gasteiger partial charge in [0.15, 0.2) is 0 Å². The molecule has 6 heteroatoms. The minimum absolute atomic E-state index is 0.00269. The van der Waals surface area contributed by atoms with Gasteiger partial charge in [0, 0.05) is 19.6 Å². The summed E-state index contributed by atoms with van der Waals surface area (Å²) in [4.78, 5) is 8.85. The summed E-state index contributed by atoms with van der Waals surface area (Å²) in [6.07, 6.45) is -0.326. The van der Waals surface area contributed by atoms with E-state index in [1.807, 2.05) is 0 Å².